The van der Waals surface area contributed by atoms with E-state index < -0.39 is 0 Å². The highest BCUT2D eigenvalue weighted by Gasteiger charge is 2.31. The Balaban J connectivity index is 1.65. The second kappa shape index (κ2) is 9.10. The Morgan fingerprint density at radius 3 is 2.57 bits per heavy atom. The first-order chi connectivity index (χ1) is 14.6. The van der Waals surface area contributed by atoms with Crippen molar-refractivity contribution in [3.05, 3.63) is 47.5 Å². The maximum atomic E-state index is 13.3. The molecule has 0 saturated heterocycles. The summed E-state index contributed by atoms with van der Waals surface area (Å²) in [6.45, 7) is 3.59. The molecule has 1 aliphatic rings. The standard InChI is InChI=1S/C22H27ClN6O/c1-2-28-22(9-5-3-4-6-10-22)15-27-20(30)16-14-29(21-25-11-7-12-26-21)19-18(16)17(23)8-13-24-19/h7-8,11-14,28H,2-6,9-10,15H2,1H3,(H,27,30). The molecule has 3 heterocycles. The smallest absolute Gasteiger partial charge is 0.253 e. The summed E-state index contributed by atoms with van der Waals surface area (Å²) >= 11 is 6.47. The van der Waals surface area contributed by atoms with Gasteiger partial charge in [-0.2, -0.15) is 0 Å². The summed E-state index contributed by atoms with van der Waals surface area (Å²) in [7, 11) is 0. The molecule has 0 unspecified atom stereocenters. The van der Waals surface area contributed by atoms with Gasteiger partial charge in [-0.05, 0) is 31.5 Å². The largest absolute Gasteiger partial charge is 0.350 e. The van der Waals surface area contributed by atoms with E-state index in [1.807, 2.05) is 0 Å². The van der Waals surface area contributed by atoms with Crippen LogP contribution in [0.1, 0.15) is 55.8 Å². The van der Waals surface area contributed by atoms with Crippen molar-refractivity contribution in [2.75, 3.05) is 13.1 Å². The fourth-order valence-electron chi connectivity index (χ4n) is 4.40. The number of fused-ring (bicyclic) bond motifs is 1. The number of hydrogen-bond acceptors (Lipinski definition) is 5. The molecule has 0 bridgehead atoms. The first kappa shape index (κ1) is 20.8. The predicted molar refractivity (Wildman–Crippen MR) is 118 cm³/mol. The molecule has 0 radical (unpaired) electrons. The molecule has 0 atom stereocenters. The average molecular weight is 427 g/mol. The fraction of sp³-hybridized carbons (Fsp3) is 0.455. The van der Waals surface area contributed by atoms with Gasteiger partial charge in [0.25, 0.3) is 5.91 Å². The van der Waals surface area contributed by atoms with E-state index in [4.69, 9.17) is 11.6 Å². The zero-order valence-electron chi connectivity index (χ0n) is 17.2. The third kappa shape index (κ3) is 4.18. The molecule has 3 aromatic heterocycles. The van der Waals surface area contributed by atoms with Crippen LogP contribution in [0.15, 0.2) is 36.9 Å². The summed E-state index contributed by atoms with van der Waals surface area (Å²) in [4.78, 5) is 26.3. The van der Waals surface area contributed by atoms with E-state index in [0.29, 0.717) is 34.1 Å². The summed E-state index contributed by atoms with van der Waals surface area (Å²) in [5, 5.41) is 7.91. The number of amides is 1. The molecule has 1 fully saturated rings. The monoisotopic (exact) mass is 426 g/mol. The number of carbonyl (C=O) groups is 1. The topological polar surface area (TPSA) is 84.7 Å². The van der Waals surface area contributed by atoms with Crippen molar-refractivity contribution < 1.29 is 4.79 Å². The molecule has 8 heteroatoms. The zero-order chi connectivity index (χ0) is 21.0. The molecule has 1 amide bonds. The van der Waals surface area contributed by atoms with E-state index in [2.05, 4.69) is 32.5 Å². The van der Waals surface area contributed by atoms with Gasteiger partial charge in [-0.1, -0.05) is 44.2 Å². The van der Waals surface area contributed by atoms with E-state index in [1.165, 1.54) is 25.7 Å². The lowest BCUT2D eigenvalue weighted by Gasteiger charge is -2.34. The van der Waals surface area contributed by atoms with Crippen molar-refractivity contribution in [1.29, 1.82) is 0 Å². The molecule has 1 saturated carbocycles. The van der Waals surface area contributed by atoms with Gasteiger partial charge in [0.2, 0.25) is 5.95 Å². The minimum absolute atomic E-state index is 0.0517. The Kier molecular flexibility index (Phi) is 6.29. The van der Waals surface area contributed by atoms with E-state index in [9.17, 15) is 4.79 Å². The normalized spacial score (nSPS) is 16.3. The van der Waals surface area contributed by atoms with Gasteiger partial charge in [0.1, 0.15) is 5.65 Å². The first-order valence-corrected chi connectivity index (χ1v) is 11.0. The molecule has 7 nitrogen and oxygen atoms in total. The molecule has 0 aliphatic heterocycles. The molecule has 3 aromatic rings. The van der Waals surface area contributed by atoms with E-state index >= 15 is 0 Å². The van der Waals surface area contributed by atoms with Crippen LogP contribution >= 0.6 is 11.6 Å². The average Bonchev–Trinajstić information content (AvgIpc) is 3.01. The number of nitrogens with one attached hydrogen (secondary N) is 2. The predicted octanol–water partition coefficient (Wildman–Crippen LogP) is 3.90. The zero-order valence-corrected chi connectivity index (χ0v) is 18.0. The highest BCUT2D eigenvalue weighted by Crippen LogP contribution is 2.30. The third-order valence-corrected chi connectivity index (χ3v) is 6.16. The van der Waals surface area contributed by atoms with Gasteiger partial charge in [0.05, 0.1) is 16.0 Å². The van der Waals surface area contributed by atoms with E-state index in [0.717, 1.165) is 19.4 Å². The van der Waals surface area contributed by atoms with Gasteiger partial charge in [-0.15, -0.1) is 0 Å². The summed E-state index contributed by atoms with van der Waals surface area (Å²) < 4.78 is 1.71. The SMILES string of the molecule is CCNC1(CNC(=O)c2cn(-c3ncccn3)c3nccc(Cl)c23)CCCCCC1. The minimum Gasteiger partial charge on any atom is -0.350 e. The van der Waals surface area contributed by atoms with Crippen molar-refractivity contribution in [2.24, 2.45) is 0 Å². The number of hydrogen-bond donors (Lipinski definition) is 2. The van der Waals surface area contributed by atoms with Gasteiger partial charge in [-0.3, -0.25) is 9.36 Å². The number of likely N-dealkylation sites (N-methyl/N-ethyl adjacent to an activating group) is 1. The molecule has 1 aliphatic carbocycles. The van der Waals surface area contributed by atoms with Crippen molar-refractivity contribution >= 4 is 28.5 Å². The summed E-state index contributed by atoms with van der Waals surface area (Å²) in [5.74, 6) is 0.287. The van der Waals surface area contributed by atoms with Gasteiger partial charge in [0.15, 0.2) is 0 Å². The van der Waals surface area contributed by atoms with Crippen LogP contribution in [-0.2, 0) is 0 Å². The molecule has 0 aromatic carbocycles. The Bertz CT molecular complexity index is 1010. The van der Waals surface area contributed by atoms with Gasteiger partial charge >= 0.3 is 0 Å². The second-order valence-electron chi connectivity index (χ2n) is 7.86. The molecule has 0 spiro atoms. The van der Waals surface area contributed by atoms with Crippen LogP contribution in [0.2, 0.25) is 5.02 Å². The fourth-order valence-corrected chi connectivity index (χ4v) is 4.64. The highest BCUT2D eigenvalue weighted by molar-refractivity contribution is 6.36. The van der Waals surface area contributed by atoms with E-state index in [1.54, 1.807) is 41.5 Å². The number of pyridine rings is 1. The lowest BCUT2D eigenvalue weighted by Crippen LogP contribution is -2.53. The Morgan fingerprint density at radius 1 is 1.13 bits per heavy atom. The van der Waals surface area contributed by atoms with Crippen LogP contribution in [0, 0.1) is 0 Å². The number of aromatic nitrogens is 4. The molecular formula is C22H27ClN6O. The van der Waals surface area contributed by atoms with Gasteiger partial charge in [0, 0.05) is 36.9 Å². The minimum atomic E-state index is -0.161. The molecular weight excluding hydrogens is 400 g/mol. The third-order valence-electron chi connectivity index (χ3n) is 5.85. The van der Waals surface area contributed by atoms with E-state index in [-0.39, 0.29) is 11.4 Å². The van der Waals surface area contributed by atoms with Crippen molar-refractivity contribution in [1.82, 2.24) is 30.2 Å². The highest BCUT2D eigenvalue weighted by atomic mass is 35.5. The number of carbonyl (C=O) groups excluding carboxylic acids is 1. The first-order valence-electron chi connectivity index (χ1n) is 10.6. The van der Waals surface area contributed by atoms with Crippen LogP contribution in [0.3, 0.4) is 0 Å². The number of halogens is 1. The van der Waals surface area contributed by atoms with Crippen LogP contribution < -0.4 is 10.6 Å². The Hall–Kier alpha value is -2.51. The summed E-state index contributed by atoms with van der Waals surface area (Å²) in [5.41, 5.74) is 0.995. The van der Waals surface area contributed by atoms with Gasteiger partial charge in [-0.25, -0.2) is 15.0 Å². The van der Waals surface area contributed by atoms with Crippen molar-refractivity contribution in [2.45, 2.75) is 51.0 Å². The van der Waals surface area contributed by atoms with Crippen LogP contribution in [0.4, 0.5) is 0 Å². The molecule has 158 valence electrons. The van der Waals surface area contributed by atoms with Crippen molar-refractivity contribution in [3.8, 4) is 5.95 Å². The van der Waals surface area contributed by atoms with Crippen LogP contribution in [-0.4, -0.2) is 44.1 Å². The molecule has 4 rings (SSSR count). The lowest BCUT2D eigenvalue weighted by atomic mass is 9.90. The number of nitrogens with zero attached hydrogens (tertiary/aromatic N) is 4. The maximum absolute atomic E-state index is 13.3. The van der Waals surface area contributed by atoms with Crippen LogP contribution in [0.5, 0.6) is 0 Å². The van der Waals surface area contributed by atoms with Gasteiger partial charge < -0.3 is 10.6 Å². The Labute approximate surface area is 181 Å². The summed E-state index contributed by atoms with van der Waals surface area (Å²) in [6.07, 6.45) is 13.7. The van der Waals surface area contributed by atoms with Crippen LogP contribution in [0.25, 0.3) is 17.0 Å². The quantitative estimate of drug-likeness (QED) is 0.584. The number of rotatable bonds is 6. The second-order valence-corrected chi connectivity index (χ2v) is 8.27. The Morgan fingerprint density at radius 2 is 1.87 bits per heavy atom. The lowest BCUT2D eigenvalue weighted by molar-refractivity contribution is 0.0936. The molecule has 30 heavy (non-hydrogen) atoms. The molecule has 2 N–H and O–H groups in total. The summed E-state index contributed by atoms with van der Waals surface area (Å²) in [6, 6.07) is 3.44. The maximum Gasteiger partial charge on any atom is 0.253 e. The van der Waals surface area contributed by atoms with Crippen molar-refractivity contribution in [3.63, 3.8) is 0 Å².